The van der Waals surface area contributed by atoms with Gasteiger partial charge in [-0.25, -0.2) is 18.8 Å². The van der Waals surface area contributed by atoms with Crippen LogP contribution in [0.25, 0.3) is 11.1 Å². The van der Waals surface area contributed by atoms with Crippen LogP contribution in [0.3, 0.4) is 0 Å². The van der Waals surface area contributed by atoms with Gasteiger partial charge in [0.15, 0.2) is 0 Å². The van der Waals surface area contributed by atoms with Crippen LogP contribution in [0.15, 0.2) is 121 Å². The Balaban J connectivity index is 1.56. The van der Waals surface area contributed by atoms with E-state index in [4.69, 9.17) is 14.2 Å². The first-order valence-corrected chi connectivity index (χ1v) is 14.2. The lowest BCUT2D eigenvalue weighted by Gasteiger charge is -2.08. The fourth-order valence-electron chi connectivity index (χ4n) is 3.75. The SMILES string of the molecule is C=C(C)C(=O)Oc1ccc(C#Cc2cc(OC(=O)C(=C)C)c(C#Cc3ccc(-c4ccc(OC(=O)C(=C)C)cc4)cc3)cc2F)cc1. The number of ether oxygens (including phenoxy) is 3. The van der Waals surface area contributed by atoms with E-state index < -0.39 is 23.7 Å². The summed E-state index contributed by atoms with van der Waals surface area (Å²) >= 11 is 0. The topological polar surface area (TPSA) is 78.9 Å². The standard InChI is InChI=1S/C40H29FO6/c1-25(2)38(42)45-34-19-11-29(12-20-34)9-15-32-24-37(47-40(44)27(5)6)33(23-36(32)41)16-10-28-7-13-30(14-8-28)31-17-21-35(22-18-31)46-39(43)26(3)4/h7-8,11-14,17-24H,1,3,5H2,2,4,6H3. The van der Waals surface area contributed by atoms with Crippen LogP contribution >= 0.6 is 0 Å². The van der Waals surface area contributed by atoms with Gasteiger partial charge in [0, 0.05) is 33.9 Å². The predicted octanol–water partition coefficient (Wildman–Crippen LogP) is 7.74. The molecule has 0 bridgehead atoms. The molecule has 47 heavy (non-hydrogen) atoms. The van der Waals surface area contributed by atoms with Crippen LogP contribution in [0.4, 0.5) is 4.39 Å². The van der Waals surface area contributed by atoms with Gasteiger partial charge in [-0.1, -0.05) is 67.7 Å². The van der Waals surface area contributed by atoms with Crippen molar-refractivity contribution in [3.05, 3.63) is 149 Å². The summed E-state index contributed by atoms with van der Waals surface area (Å²) in [5.74, 6) is 9.85. The molecule has 0 aromatic heterocycles. The Morgan fingerprint density at radius 1 is 0.532 bits per heavy atom. The minimum Gasteiger partial charge on any atom is -0.423 e. The number of hydrogen-bond acceptors (Lipinski definition) is 6. The second-order valence-corrected chi connectivity index (χ2v) is 10.5. The highest BCUT2D eigenvalue weighted by Crippen LogP contribution is 2.25. The van der Waals surface area contributed by atoms with Gasteiger partial charge in [0.2, 0.25) is 0 Å². The summed E-state index contributed by atoms with van der Waals surface area (Å²) in [6, 6.07) is 23.2. The smallest absolute Gasteiger partial charge is 0.338 e. The Hall–Kier alpha value is -6.44. The first-order chi connectivity index (χ1) is 22.4. The Labute approximate surface area is 272 Å². The summed E-state index contributed by atoms with van der Waals surface area (Å²) in [7, 11) is 0. The third kappa shape index (κ3) is 9.28. The van der Waals surface area contributed by atoms with Gasteiger partial charge in [0.25, 0.3) is 0 Å². The van der Waals surface area contributed by atoms with Crippen LogP contribution in [-0.4, -0.2) is 17.9 Å². The van der Waals surface area contributed by atoms with Crippen molar-refractivity contribution in [2.24, 2.45) is 0 Å². The van der Waals surface area contributed by atoms with Crippen LogP contribution < -0.4 is 14.2 Å². The summed E-state index contributed by atoms with van der Waals surface area (Å²) in [6.45, 7) is 15.3. The molecule has 0 saturated heterocycles. The van der Waals surface area contributed by atoms with Crippen LogP contribution in [0.2, 0.25) is 0 Å². The fourth-order valence-corrected chi connectivity index (χ4v) is 3.75. The molecule has 4 rings (SSSR count). The highest BCUT2D eigenvalue weighted by atomic mass is 19.1. The Morgan fingerprint density at radius 3 is 1.38 bits per heavy atom. The molecule has 0 aliphatic carbocycles. The zero-order valence-corrected chi connectivity index (χ0v) is 26.0. The minimum absolute atomic E-state index is 0.0115. The number of carbonyl (C=O) groups excluding carboxylic acids is 3. The molecule has 0 atom stereocenters. The van der Waals surface area contributed by atoms with Crippen molar-refractivity contribution < 1.29 is 33.0 Å². The number of carbonyl (C=O) groups is 3. The van der Waals surface area contributed by atoms with Gasteiger partial charge in [0.05, 0.1) is 11.1 Å². The highest BCUT2D eigenvalue weighted by Gasteiger charge is 2.14. The molecule has 0 aliphatic heterocycles. The molecule has 4 aromatic carbocycles. The molecule has 0 radical (unpaired) electrons. The maximum atomic E-state index is 15.2. The number of halogens is 1. The third-order valence-corrected chi connectivity index (χ3v) is 6.35. The summed E-state index contributed by atoms with van der Waals surface area (Å²) in [6.07, 6.45) is 0. The average Bonchev–Trinajstić information content (AvgIpc) is 3.05. The van der Waals surface area contributed by atoms with Crippen LogP contribution in [0.5, 0.6) is 17.2 Å². The largest absolute Gasteiger partial charge is 0.423 e. The number of rotatable bonds is 7. The number of esters is 3. The van der Waals surface area contributed by atoms with Crippen molar-refractivity contribution >= 4 is 17.9 Å². The lowest BCUT2D eigenvalue weighted by atomic mass is 10.0. The number of benzene rings is 4. The summed E-state index contributed by atoms with van der Waals surface area (Å²) < 4.78 is 31.1. The van der Waals surface area contributed by atoms with Gasteiger partial charge in [-0.3, -0.25) is 0 Å². The molecule has 7 heteroatoms. The minimum atomic E-state index is -0.691. The van der Waals surface area contributed by atoms with Gasteiger partial charge >= 0.3 is 17.9 Å². The first-order valence-electron chi connectivity index (χ1n) is 14.2. The van der Waals surface area contributed by atoms with E-state index in [0.29, 0.717) is 28.2 Å². The van der Waals surface area contributed by atoms with Gasteiger partial charge in [-0.2, -0.15) is 0 Å². The second kappa shape index (κ2) is 15.0. The van der Waals surface area contributed by atoms with E-state index in [9.17, 15) is 14.4 Å². The van der Waals surface area contributed by atoms with Crippen LogP contribution in [-0.2, 0) is 14.4 Å². The molecule has 4 aromatic rings. The van der Waals surface area contributed by atoms with E-state index in [-0.39, 0.29) is 28.0 Å². The van der Waals surface area contributed by atoms with Crippen LogP contribution in [0, 0.1) is 29.5 Å². The van der Waals surface area contributed by atoms with Crippen molar-refractivity contribution in [3.8, 4) is 52.1 Å². The van der Waals surface area contributed by atoms with Crippen molar-refractivity contribution in [2.75, 3.05) is 0 Å². The summed E-state index contributed by atoms with van der Waals surface area (Å²) in [5, 5.41) is 0. The molecule has 6 nitrogen and oxygen atoms in total. The zero-order valence-electron chi connectivity index (χ0n) is 26.0. The molecule has 0 unspecified atom stereocenters. The number of hydrogen-bond donors (Lipinski definition) is 0. The van der Waals surface area contributed by atoms with Crippen molar-refractivity contribution in [1.29, 1.82) is 0 Å². The monoisotopic (exact) mass is 624 g/mol. The molecule has 0 amide bonds. The zero-order chi connectivity index (χ0) is 34.1. The van der Waals surface area contributed by atoms with Gasteiger partial charge in [-0.15, -0.1) is 0 Å². The second-order valence-electron chi connectivity index (χ2n) is 10.5. The maximum absolute atomic E-state index is 15.2. The summed E-state index contributed by atoms with van der Waals surface area (Å²) in [4.78, 5) is 35.8. The fraction of sp³-hybridized carbons (Fsp3) is 0.0750. The summed E-state index contributed by atoms with van der Waals surface area (Å²) in [5.41, 5.74) is 3.85. The maximum Gasteiger partial charge on any atom is 0.338 e. The van der Waals surface area contributed by atoms with E-state index in [1.807, 2.05) is 24.3 Å². The van der Waals surface area contributed by atoms with Crippen molar-refractivity contribution in [3.63, 3.8) is 0 Å². The van der Waals surface area contributed by atoms with Gasteiger partial charge in [-0.05, 0) is 86.5 Å². The molecule has 0 N–H and O–H groups in total. The van der Waals surface area contributed by atoms with Crippen LogP contribution in [0.1, 0.15) is 43.0 Å². The van der Waals surface area contributed by atoms with E-state index in [0.717, 1.165) is 17.2 Å². The van der Waals surface area contributed by atoms with E-state index in [2.05, 4.69) is 43.4 Å². The molecule has 0 heterocycles. The quantitative estimate of drug-likeness (QED) is 0.0906. The molecule has 0 aliphatic rings. The molecular formula is C40H29FO6. The van der Waals surface area contributed by atoms with E-state index in [1.54, 1.807) is 62.4 Å². The highest BCUT2D eigenvalue weighted by molar-refractivity contribution is 5.90. The molecule has 0 fully saturated rings. The molecule has 0 saturated carbocycles. The molecular weight excluding hydrogens is 595 g/mol. The molecule has 0 spiro atoms. The average molecular weight is 625 g/mol. The first kappa shape index (κ1) is 33.5. The predicted molar refractivity (Wildman–Crippen MR) is 178 cm³/mol. The van der Waals surface area contributed by atoms with E-state index in [1.165, 1.54) is 13.0 Å². The third-order valence-electron chi connectivity index (χ3n) is 6.35. The van der Waals surface area contributed by atoms with Gasteiger partial charge in [0.1, 0.15) is 23.1 Å². The molecule has 232 valence electrons. The normalized spacial score (nSPS) is 9.87. The lowest BCUT2D eigenvalue weighted by molar-refractivity contribution is -0.130. The Bertz CT molecular complexity index is 2030. The Morgan fingerprint density at radius 2 is 0.915 bits per heavy atom. The van der Waals surface area contributed by atoms with Crippen molar-refractivity contribution in [2.45, 2.75) is 20.8 Å². The Kier molecular flexibility index (Phi) is 10.7. The van der Waals surface area contributed by atoms with Gasteiger partial charge < -0.3 is 14.2 Å². The van der Waals surface area contributed by atoms with E-state index >= 15 is 4.39 Å². The lowest BCUT2D eigenvalue weighted by Crippen LogP contribution is -2.09. The van der Waals surface area contributed by atoms with Crippen molar-refractivity contribution in [1.82, 2.24) is 0 Å².